The van der Waals surface area contributed by atoms with Crippen LogP contribution in [0.3, 0.4) is 0 Å². The van der Waals surface area contributed by atoms with Gasteiger partial charge >= 0.3 is 12.0 Å². The Labute approximate surface area is 128 Å². The fraction of sp³-hybridized carbons (Fsp3) is 0.867. The number of carbonyl (C=O) groups excluding carboxylic acids is 1. The van der Waals surface area contributed by atoms with Gasteiger partial charge in [-0.25, -0.2) is 13.6 Å². The molecule has 5 nitrogen and oxygen atoms in total. The third-order valence-corrected chi connectivity index (χ3v) is 4.83. The summed E-state index contributed by atoms with van der Waals surface area (Å²) in [6, 6.07) is -0.498. The van der Waals surface area contributed by atoms with Gasteiger partial charge in [0.05, 0.1) is 5.92 Å². The molecule has 2 amide bonds. The molecule has 126 valence electrons. The standard InChI is InChI=1S/C15H24F2N2O3/c16-15(17)8-2-1-3-11(15)9-18-14(22)19-12-6-4-10(5-7-12)13(20)21/h10-12H,1-9H2,(H,20,21)(H2,18,19,22). The van der Waals surface area contributed by atoms with Crippen LogP contribution in [0.4, 0.5) is 13.6 Å². The fourth-order valence-electron chi connectivity index (χ4n) is 3.36. The van der Waals surface area contributed by atoms with Crippen molar-refractivity contribution in [3.8, 4) is 0 Å². The molecule has 2 rings (SSSR count). The van der Waals surface area contributed by atoms with Gasteiger partial charge in [0.15, 0.2) is 0 Å². The van der Waals surface area contributed by atoms with Crippen molar-refractivity contribution in [2.45, 2.75) is 63.3 Å². The van der Waals surface area contributed by atoms with Crippen LogP contribution in [0, 0.1) is 11.8 Å². The molecule has 2 fully saturated rings. The lowest BCUT2D eigenvalue weighted by Crippen LogP contribution is -2.47. The zero-order chi connectivity index (χ0) is 16.2. The SMILES string of the molecule is O=C(NCC1CCCCC1(F)F)NC1CCC(C(=O)O)CC1. The molecule has 2 aliphatic rings. The average molecular weight is 318 g/mol. The summed E-state index contributed by atoms with van der Waals surface area (Å²) in [5, 5.41) is 14.2. The fourth-order valence-corrected chi connectivity index (χ4v) is 3.36. The van der Waals surface area contributed by atoms with E-state index < -0.39 is 23.8 Å². The van der Waals surface area contributed by atoms with Crippen LogP contribution in [0.5, 0.6) is 0 Å². The molecule has 7 heteroatoms. The number of halogens is 2. The molecule has 0 spiro atoms. The number of carbonyl (C=O) groups is 2. The van der Waals surface area contributed by atoms with E-state index in [0.717, 1.165) is 6.42 Å². The second-order valence-corrected chi connectivity index (χ2v) is 6.44. The Morgan fingerprint density at radius 1 is 1.09 bits per heavy atom. The Hall–Kier alpha value is -1.40. The van der Waals surface area contributed by atoms with Gasteiger partial charge in [-0.15, -0.1) is 0 Å². The molecule has 22 heavy (non-hydrogen) atoms. The summed E-state index contributed by atoms with van der Waals surface area (Å²) in [5.74, 6) is -4.59. The zero-order valence-corrected chi connectivity index (χ0v) is 12.6. The lowest BCUT2D eigenvalue weighted by molar-refractivity contribution is -0.142. The van der Waals surface area contributed by atoms with Crippen molar-refractivity contribution in [3.63, 3.8) is 0 Å². The highest BCUT2D eigenvalue weighted by Gasteiger charge is 2.41. The summed E-state index contributed by atoms with van der Waals surface area (Å²) in [6.45, 7) is -0.0106. The Bertz CT molecular complexity index is 410. The minimum atomic E-state index is -2.69. The van der Waals surface area contributed by atoms with Crippen molar-refractivity contribution >= 4 is 12.0 Å². The Morgan fingerprint density at radius 2 is 1.77 bits per heavy atom. The van der Waals surface area contributed by atoms with Crippen molar-refractivity contribution in [3.05, 3.63) is 0 Å². The third-order valence-electron chi connectivity index (χ3n) is 4.83. The minimum Gasteiger partial charge on any atom is -0.481 e. The van der Waals surface area contributed by atoms with E-state index in [-0.39, 0.29) is 24.9 Å². The van der Waals surface area contributed by atoms with E-state index in [1.54, 1.807) is 0 Å². The van der Waals surface area contributed by atoms with E-state index in [4.69, 9.17) is 5.11 Å². The van der Waals surface area contributed by atoms with Gasteiger partial charge in [-0.05, 0) is 38.5 Å². The van der Waals surface area contributed by atoms with E-state index >= 15 is 0 Å². The number of carboxylic acids is 1. The topological polar surface area (TPSA) is 78.4 Å². The molecule has 2 aliphatic carbocycles. The molecule has 0 radical (unpaired) electrons. The van der Waals surface area contributed by atoms with E-state index in [0.29, 0.717) is 38.5 Å². The molecular formula is C15H24F2N2O3. The summed E-state index contributed by atoms with van der Waals surface area (Å²) in [7, 11) is 0. The van der Waals surface area contributed by atoms with Crippen molar-refractivity contribution in [1.82, 2.24) is 10.6 Å². The Morgan fingerprint density at radius 3 is 2.36 bits per heavy atom. The highest BCUT2D eigenvalue weighted by Crippen LogP contribution is 2.37. The van der Waals surface area contributed by atoms with Crippen molar-refractivity contribution in [1.29, 1.82) is 0 Å². The van der Waals surface area contributed by atoms with Gasteiger partial charge in [0.2, 0.25) is 0 Å². The monoisotopic (exact) mass is 318 g/mol. The first-order valence-electron chi connectivity index (χ1n) is 8.03. The quantitative estimate of drug-likeness (QED) is 0.746. The van der Waals surface area contributed by atoms with Gasteiger partial charge in [0.25, 0.3) is 5.92 Å². The second kappa shape index (κ2) is 7.24. The Balaban J connectivity index is 1.69. The summed E-state index contributed by atoms with van der Waals surface area (Å²) in [4.78, 5) is 22.6. The van der Waals surface area contributed by atoms with E-state index in [1.807, 2.05) is 0 Å². The largest absolute Gasteiger partial charge is 0.481 e. The number of urea groups is 1. The highest BCUT2D eigenvalue weighted by molar-refractivity contribution is 5.74. The number of alkyl halides is 2. The van der Waals surface area contributed by atoms with E-state index in [1.165, 1.54) is 0 Å². The number of nitrogens with one attached hydrogen (secondary N) is 2. The van der Waals surface area contributed by atoms with Gasteiger partial charge in [-0.1, -0.05) is 6.42 Å². The van der Waals surface area contributed by atoms with Gasteiger partial charge in [-0.2, -0.15) is 0 Å². The minimum absolute atomic E-state index is 0.0106. The summed E-state index contributed by atoms with van der Waals surface area (Å²) in [5.41, 5.74) is 0. The van der Waals surface area contributed by atoms with Gasteiger partial charge in [0.1, 0.15) is 0 Å². The molecular weight excluding hydrogens is 294 g/mol. The van der Waals surface area contributed by atoms with Gasteiger partial charge in [0, 0.05) is 24.9 Å². The predicted octanol–water partition coefficient (Wildman–Crippen LogP) is 2.75. The van der Waals surface area contributed by atoms with Gasteiger partial charge < -0.3 is 15.7 Å². The maximum absolute atomic E-state index is 13.7. The second-order valence-electron chi connectivity index (χ2n) is 6.44. The van der Waals surface area contributed by atoms with Crippen LogP contribution >= 0.6 is 0 Å². The highest BCUT2D eigenvalue weighted by atomic mass is 19.3. The molecule has 0 aromatic heterocycles. The van der Waals surface area contributed by atoms with Crippen molar-refractivity contribution in [2.24, 2.45) is 11.8 Å². The normalized spacial score (nSPS) is 31.3. The van der Waals surface area contributed by atoms with E-state index in [9.17, 15) is 18.4 Å². The summed E-state index contributed by atoms with van der Waals surface area (Å²) in [6.07, 6.45) is 3.98. The molecule has 0 saturated heterocycles. The maximum Gasteiger partial charge on any atom is 0.315 e. The van der Waals surface area contributed by atoms with Crippen molar-refractivity contribution < 1.29 is 23.5 Å². The molecule has 3 N–H and O–H groups in total. The summed E-state index contributed by atoms with van der Waals surface area (Å²) < 4.78 is 27.3. The van der Waals surface area contributed by atoms with Crippen LogP contribution in [0.15, 0.2) is 0 Å². The van der Waals surface area contributed by atoms with Crippen LogP contribution in [0.25, 0.3) is 0 Å². The van der Waals surface area contributed by atoms with Crippen LogP contribution in [0.1, 0.15) is 51.4 Å². The summed E-state index contributed by atoms with van der Waals surface area (Å²) >= 11 is 0. The number of hydrogen-bond acceptors (Lipinski definition) is 2. The zero-order valence-electron chi connectivity index (χ0n) is 12.6. The molecule has 0 heterocycles. The van der Waals surface area contributed by atoms with Crippen LogP contribution in [-0.2, 0) is 4.79 Å². The predicted molar refractivity (Wildman–Crippen MR) is 76.8 cm³/mol. The molecule has 0 aromatic rings. The first kappa shape index (κ1) is 17.0. The number of hydrogen-bond donors (Lipinski definition) is 3. The maximum atomic E-state index is 13.7. The number of aliphatic carboxylic acids is 1. The molecule has 0 aliphatic heterocycles. The Kier molecular flexibility index (Phi) is 5.58. The molecule has 0 aromatic carbocycles. The smallest absolute Gasteiger partial charge is 0.315 e. The van der Waals surface area contributed by atoms with Crippen LogP contribution < -0.4 is 10.6 Å². The third kappa shape index (κ3) is 4.55. The first-order valence-corrected chi connectivity index (χ1v) is 8.03. The lowest BCUT2D eigenvalue weighted by atomic mass is 9.85. The molecule has 1 atom stereocenters. The lowest BCUT2D eigenvalue weighted by Gasteiger charge is -2.32. The number of carboxylic acid groups (broad SMARTS) is 1. The van der Waals surface area contributed by atoms with E-state index in [2.05, 4.69) is 10.6 Å². The van der Waals surface area contributed by atoms with Crippen LogP contribution in [-0.4, -0.2) is 35.6 Å². The number of amides is 2. The molecule has 0 bridgehead atoms. The number of rotatable bonds is 4. The van der Waals surface area contributed by atoms with Crippen LogP contribution in [0.2, 0.25) is 0 Å². The molecule has 1 unspecified atom stereocenters. The first-order chi connectivity index (χ1) is 10.4. The average Bonchev–Trinajstić information content (AvgIpc) is 2.46. The molecule has 2 saturated carbocycles. The van der Waals surface area contributed by atoms with Crippen molar-refractivity contribution in [2.75, 3.05) is 6.54 Å². The van der Waals surface area contributed by atoms with Gasteiger partial charge in [-0.3, -0.25) is 4.79 Å².